The van der Waals surface area contributed by atoms with Gasteiger partial charge in [-0.15, -0.1) is 11.8 Å². The van der Waals surface area contributed by atoms with Gasteiger partial charge in [0.2, 0.25) is 0 Å². The molecule has 1 rings (SSSR count). The van der Waals surface area contributed by atoms with Crippen molar-refractivity contribution in [3.05, 3.63) is 42.7 Å². The average Bonchev–Trinajstić information content (AvgIpc) is 2.26. The number of aliphatic hydroxyl groups excluding tert-OH is 1. The van der Waals surface area contributed by atoms with Crippen LogP contribution < -0.4 is 0 Å². The predicted molar refractivity (Wildman–Crippen MR) is 68.5 cm³/mol. The number of hydrogen-bond acceptors (Lipinski definition) is 3. The Morgan fingerprint density at radius 1 is 1.38 bits per heavy atom. The minimum Gasteiger partial charge on any atom is -0.505 e. The number of aliphatic hydroxyl groups is 1. The zero-order valence-corrected chi connectivity index (χ0v) is 10.5. The van der Waals surface area contributed by atoms with Gasteiger partial charge in [0.1, 0.15) is 0 Å². The average molecular weight is 238 g/mol. The minimum absolute atomic E-state index is 0.238. The molecule has 0 spiro atoms. The van der Waals surface area contributed by atoms with Gasteiger partial charge in [-0.25, -0.2) is 0 Å². The highest BCUT2D eigenvalue weighted by atomic mass is 32.2. The molecule has 1 N–H and O–H groups in total. The highest BCUT2D eigenvalue weighted by Crippen LogP contribution is 2.26. The van der Waals surface area contributed by atoms with Crippen molar-refractivity contribution in [3.63, 3.8) is 0 Å². The van der Waals surface area contributed by atoms with Crippen LogP contribution in [0.1, 0.15) is 13.3 Å². The van der Waals surface area contributed by atoms with Gasteiger partial charge in [0, 0.05) is 10.1 Å². The molecule has 0 fully saturated rings. The molecule has 3 heteroatoms. The van der Waals surface area contributed by atoms with Crippen molar-refractivity contribution in [2.75, 3.05) is 7.11 Å². The first-order valence-electron chi connectivity index (χ1n) is 5.31. The topological polar surface area (TPSA) is 29.5 Å². The molecule has 1 aromatic rings. The second kappa shape index (κ2) is 7.36. The Bertz CT molecular complexity index is 309. The molecule has 0 radical (unpaired) electrons. The zero-order valence-electron chi connectivity index (χ0n) is 9.67. The van der Waals surface area contributed by atoms with Gasteiger partial charge in [0.25, 0.3) is 0 Å². The Hall–Kier alpha value is -0.930. The lowest BCUT2D eigenvalue weighted by molar-refractivity contribution is 0.187. The summed E-state index contributed by atoms with van der Waals surface area (Å²) in [7, 11) is 1.63. The highest BCUT2D eigenvalue weighted by Gasteiger charge is 2.10. The molecule has 0 amide bonds. The molecule has 1 aromatic carbocycles. The summed E-state index contributed by atoms with van der Waals surface area (Å²) in [6.45, 7) is 1.80. The lowest BCUT2D eigenvalue weighted by Gasteiger charge is -2.14. The third-order valence-electron chi connectivity index (χ3n) is 2.03. The molecular formula is C13H18O2S. The Balaban J connectivity index is 2.59. The third-order valence-corrected chi connectivity index (χ3v) is 3.23. The van der Waals surface area contributed by atoms with Gasteiger partial charge < -0.3 is 9.84 Å². The second-order valence-electron chi connectivity index (χ2n) is 3.62. The van der Waals surface area contributed by atoms with E-state index in [2.05, 4.69) is 12.1 Å². The van der Waals surface area contributed by atoms with Crippen LogP contribution in [-0.2, 0) is 4.74 Å². The van der Waals surface area contributed by atoms with Crippen LogP contribution in [0.3, 0.4) is 0 Å². The van der Waals surface area contributed by atoms with Crippen LogP contribution in [0.5, 0.6) is 0 Å². The van der Waals surface area contributed by atoms with Gasteiger partial charge in [-0.05, 0) is 31.6 Å². The largest absolute Gasteiger partial charge is 0.505 e. The number of methoxy groups -OCH3 is 1. The van der Waals surface area contributed by atoms with Crippen LogP contribution in [0.15, 0.2) is 47.6 Å². The van der Waals surface area contributed by atoms with E-state index in [0.717, 1.165) is 6.42 Å². The maximum absolute atomic E-state index is 9.41. The molecule has 88 valence electrons. The third kappa shape index (κ3) is 5.24. The van der Waals surface area contributed by atoms with E-state index in [1.54, 1.807) is 32.1 Å². The van der Waals surface area contributed by atoms with Crippen LogP contribution in [0, 0.1) is 0 Å². The predicted octanol–water partition coefficient (Wildman–Crippen LogP) is 3.08. The molecule has 0 aliphatic rings. The Morgan fingerprint density at radius 2 is 2.06 bits per heavy atom. The summed E-state index contributed by atoms with van der Waals surface area (Å²) in [5.74, 6) is 0. The SMILES string of the molecule is CO/C=C/C(C[C@H](C)O)Sc1ccccc1. The fraction of sp³-hybridized carbons (Fsp3) is 0.385. The van der Waals surface area contributed by atoms with Gasteiger partial charge in [-0.3, -0.25) is 0 Å². The van der Waals surface area contributed by atoms with Gasteiger partial charge >= 0.3 is 0 Å². The minimum atomic E-state index is -0.303. The van der Waals surface area contributed by atoms with Gasteiger partial charge in [0.15, 0.2) is 0 Å². The number of thioether (sulfide) groups is 1. The smallest absolute Gasteiger partial charge is 0.0795 e. The van der Waals surface area contributed by atoms with E-state index in [1.165, 1.54) is 4.90 Å². The molecule has 2 atom stereocenters. The maximum Gasteiger partial charge on any atom is 0.0795 e. The molecular weight excluding hydrogens is 220 g/mol. The van der Waals surface area contributed by atoms with Crippen LogP contribution in [0.4, 0.5) is 0 Å². The number of ether oxygens (including phenoxy) is 1. The second-order valence-corrected chi connectivity index (χ2v) is 4.93. The van der Waals surface area contributed by atoms with Crippen LogP contribution in [0.2, 0.25) is 0 Å². The van der Waals surface area contributed by atoms with E-state index in [9.17, 15) is 5.11 Å². The molecule has 0 saturated carbocycles. The van der Waals surface area contributed by atoms with Gasteiger partial charge in [0.05, 0.1) is 19.5 Å². The molecule has 0 aromatic heterocycles. The summed E-state index contributed by atoms with van der Waals surface area (Å²) < 4.78 is 4.92. The number of rotatable bonds is 6. The summed E-state index contributed by atoms with van der Waals surface area (Å²) in [6.07, 6.45) is 4.06. The zero-order chi connectivity index (χ0) is 11.8. The van der Waals surface area contributed by atoms with Crippen molar-refractivity contribution in [1.82, 2.24) is 0 Å². The standard InChI is InChI=1S/C13H18O2S/c1-11(14)10-13(8-9-15-2)16-12-6-4-3-5-7-12/h3-9,11,13-14H,10H2,1-2H3/b9-8+/t11-,13?/m0/s1. The molecule has 0 bridgehead atoms. The van der Waals surface area contributed by atoms with E-state index < -0.39 is 0 Å². The van der Waals surface area contributed by atoms with E-state index in [1.807, 2.05) is 24.3 Å². The quantitative estimate of drug-likeness (QED) is 0.610. The van der Waals surface area contributed by atoms with Crippen molar-refractivity contribution in [2.24, 2.45) is 0 Å². The van der Waals surface area contributed by atoms with E-state index in [4.69, 9.17) is 4.74 Å². The lowest BCUT2D eigenvalue weighted by Crippen LogP contribution is -2.09. The molecule has 0 aliphatic carbocycles. The van der Waals surface area contributed by atoms with Crippen molar-refractivity contribution in [1.29, 1.82) is 0 Å². The van der Waals surface area contributed by atoms with Crippen molar-refractivity contribution >= 4 is 11.8 Å². The molecule has 1 unspecified atom stereocenters. The van der Waals surface area contributed by atoms with Gasteiger partial charge in [-0.2, -0.15) is 0 Å². The summed E-state index contributed by atoms with van der Waals surface area (Å²) in [5, 5.41) is 9.65. The highest BCUT2D eigenvalue weighted by molar-refractivity contribution is 8.00. The summed E-state index contributed by atoms with van der Waals surface area (Å²) in [5.41, 5.74) is 0. The maximum atomic E-state index is 9.41. The van der Waals surface area contributed by atoms with Crippen molar-refractivity contribution < 1.29 is 9.84 Å². The fourth-order valence-electron chi connectivity index (χ4n) is 1.34. The Morgan fingerprint density at radius 3 is 2.62 bits per heavy atom. The monoisotopic (exact) mass is 238 g/mol. The van der Waals surface area contributed by atoms with Gasteiger partial charge in [-0.1, -0.05) is 18.2 Å². The fourth-order valence-corrected chi connectivity index (χ4v) is 2.52. The molecule has 0 aliphatic heterocycles. The van der Waals surface area contributed by atoms with E-state index in [-0.39, 0.29) is 11.4 Å². The lowest BCUT2D eigenvalue weighted by atomic mass is 10.2. The van der Waals surface area contributed by atoms with Crippen LogP contribution >= 0.6 is 11.8 Å². The Labute approximate surface area is 101 Å². The summed E-state index contributed by atoms with van der Waals surface area (Å²) in [6, 6.07) is 10.2. The van der Waals surface area contributed by atoms with Crippen molar-refractivity contribution in [2.45, 2.75) is 29.6 Å². The molecule has 16 heavy (non-hydrogen) atoms. The first kappa shape index (κ1) is 13.1. The first-order chi connectivity index (χ1) is 7.72. The number of benzene rings is 1. The molecule has 0 saturated heterocycles. The first-order valence-corrected chi connectivity index (χ1v) is 6.19. The Kier molecular flexibility index (Phi) is 6.04. The van der Waals surface area contributed by atoms with Crippen molar-refractivity contribution in [3.8, 4) is 0 Å². The summed E-state index contributed by atoms with van der Waals surface area (Å²) in [4.78, 5) is 1.20. The van der Waals surface area contributed by atoms with Crippen LogP contribution in [0.25, 0.3) is 0 Å². The molecule has 0 heterocycles. The van der Waals surface area contributed by atoms with E-state index in [0.29, 0.717) is 0 Å². The summed E-state index contributed by atoms with van der Waals surface area (Å²) >= 11 is 1.73. The normalized spacial score (nSPS) is 14.9. The number of hydrogen-bond donors (Lipinski definition) is 1. The van der Waals surface area contributed by atoms with E-state index >= 15 is 0 Å². The van der Waals surface area contributed by atoms with Crippen LogP contribution in [-0.4, -0.2) is 23.6 Å². The molecule has 2 nitrogen and oxygen atoms in total.